The number of carbonyl (C=O) groups excluding carboxylic acids is 1. The van der Waals surface area contributed by atoms with Gasteiger partial charge in [-0.15, -0.1) is 0 Å². The van der Waals surface area contributed by atoms with Crippen LogP contribution in [0.25, 0.3) is 0 Å². The normalized spacial score (nSPS) is 25.8. The van der Waals surface area contributed by atoms with Crippen LogP contribution in [0.1, 0.15) is 38.5 Å². The molecule has 1 amide bonds. The third-order valence-electron chi connectivity index (χ3n) is 5.73. The van der Waals surface area contributed by atoms with E-state index in [-0.39, 0.29) is 11.8 Å². The Morgan fingerprint density at radius 2 is 1.92 bits per heavy atom. The summed E-state index contributed by atoms with van der Waals surface area (Å²) in [6.07, 6.45) is 8.24. The minimum Gasteiger partial charge on any atom is -0.384 e. The van der Waals surface area contributed by atoms with Gasteiger partial charge in [0.15, 0.2) is 0 Å². The third kappa shape index (κ3) is 4.03. The Balaban J connectivity index is 1.30. The Morgan fingerprint density at radius 1 is 1.12 bits per heavy atom. The topological polar surface area (TPSA) is 87.4 Å². The summed E-state index contributed by atoms with van der Waals surface area (Å²) >= 11 is 0. The monoisotopic (exact) mass is 344 g/mol. The summed E-state index contributed by atoms with van der Waals surface area (Å²) in [5.41, 5.74) is 5.77. The molecule has 1 atom stereocenters. The molecule has 7 nitrogen and oxygen atoms in total. The van der Waals surface area contributed by atoms with E-state index < -0.39 is 0 Å². The zero-order valence-corrected chi connectivity index (χ0v) is 14.7. The number of amides is 1. The number of carbonyl (C=O) groups is 1. The molecule has 0 spiro atoms. The predicted molar refractivity (Wildman–Crippen MR) is 97.1 cm³/mol. The van der Waals surface area contributed by atoms with Crippen LogP contribution in [0.3, 0.4) is 0 Å². The van der Waals surface area contributed by atoms with Crippen LogP contribution < -0.4 is 16.0 Å². The summed E-state index contributed by atoms with van der Waals surface area (Å²) in [5, 5.41) is 3.18. The van der Waals surface area contributed by atoms with Gasteiger partial charge in [-0.25, -0.2) is 9.97 Å². The number of hydrogen-bond donors (Lipinski definition) is 2. The Labute approximate surface area is 149 Å². The van der Waals surface area contributed by atoms with Crippen LogP contribution in [0.2, 0.25) is 0 Å². The van der Waals surface area contributed by atoms with Crippen LogP contribution >= 0.6 is 0 Å². The summed E-state index contributed by atoms with van der Waals surface area (Å²) < 4.78 is 0. The predicted octanol–water partition coefficient (Wildman–Crippen LogP) is 1.02. The molecule has 0 radical (unpaired) electrons. The van der Waals surface area contributed by atoms with Crippen LogP contribution in [0.4, 0.5) is 11.6 Å². The first-order chi connectivity index (χ1) is 12.2. The Kier molecular flexibility index (Phi) is 4.74. The molecular formula is C18H28N6O. The molecule has 3 heterocycles. The number of likely N-dealkylation sites (tertiary alicyclic amines) is 1. The van der Waals surface area contributed by atoms with Crippen molar-refractivity contribution in [3.63, 3.8) is 0 Å². The summed E-state index contributed by atoms with van der Waals surface area (Å²) in [5.74, 6) is 1.90. The fraction of sp³-hybridized carbons (Fsp3) is 0.722. The lowest BCUT2D eigenvalue weighted by molar-refractivity contribution is -0.127. The van der Waals surface area contributed by atoms with Crippen molar-refractivity contribution in [1.29, 1.82) is 0 Å². The second-order valence-electron chi connectivity index (χ2n) is 7.64. The maximum absolute atomic E-state index is 12.4. The van der Waals surface area contributed by atoms with E-state index in [0.717, 1.165) is 70.5 Å². The standard InChI is InChI=1S/C18H28N6O/c19-16-10-17(21-12-20-16)23-8-5-15(6-9-23)24-7-1-2-13(11-24)18(25)22-14-3-4-14/h10,12-15H,1-9,11H2,(H,22,25)(H2,19,20,21)/t13-/m1/s1. The highest BCUT2D eigenvalue weighted by molar-refractivity contribution is 5.79. The fourth-order valence-electron chi connectivity index (χ4n) is 4.09. The summed E-state index contributed by atoms with van der Waals surface area (Å²) in [7, 11) is 0. The second kappa shape index (κ2) is 7.15. The van der Waals surface area contributed by atoms with E-state index in [2.05, 4.69) is 25.1 Å². The van der Waals surface area contributed by atoms with E-state index in [1.807, 2.05) is 6.07 Å². The van der Waals surface area contributed by atoms with E-state index in [0.29, 0.717) is 17.9 Å². The van der Waals surface area contributed by atoms with Crippen LogP contribution in [-0.4, -0.2) is 59.0 Å². The van der Waals surface area contributed by atoms with Crippen molar-refractivity contribution in [1.82, 2.24) is 20.2 Å². The zero-order valence-electron chi connectivity index (χ0n) is 14.7. The molecule has 1 aromatic rings. The number of aromatic nitrogens is 2. The number of hydrogen-bond acceptors (Lipinski definition) is 6. The lowest BCUT2D eigenvalue weighted by atomic mass is 9.93. The lowest BCUT2D eigenvalue weighted by Gasteiger charge is -2.42. The highest BCUT2D eigenvalue weighted by Crippen LogP contribution is 2.27. The van der Waals surface area contributed by atoms with E-state index >= 15 is 0 Å². The molecule has 0 unspecified atom stereocenters. The van der Waals surface area contributed by atoms with Gasteiger partial charge in [-0.05, 0) is 45.1 Å². The molecule has 1 aromatic heterocycles. The largest absolute Gasteiger partial charge is 0.384 e. The number of anilines is 2. The summed E-state index contributed by atoms with van der Waals surface area (Å²) in [6.45, 7) is 4.01. The van der Waals surface area contributed by atoms with Crippen LogP contribution in [-0.2, 0) is 4.79 Å². The molecular weight excluding hydrogens is 316 g/mol. The van der Waals surface area contributed by atoms with Gasteiger partial charge < -0.3 is 16.0 Å². The maximum atomic E-state index is 12.4. The first-order valence-corrected chi connectivity index (χ1v) is 9.56. The van der Waals surface area contributed by atoms with Gasteiger partial charge in [-0.3, -0.25) is 9.69 Å². The van der Waals surface area contributed by atoms with Crippen LogP contribution in [0.5, 0.6) is 0 Å². The molecule has 0 aromatic carbocycles. The van der Waals surface area contributed by atoms with E-state index in [9.17, 15) is 4.79 Å². The molecule has 2 saturated heterocycles. The highest BCUT2D eigenvalue weighted by Gasteiger charge is 2.33. The minimum atomic E-state index is 0.175. The van der Waals surface area contributed by atoms with Gasteiger partial charge in [0.25, 0.3) is 0 Å². The van der Waals surface area contributed by atoms with Crippen molar-refractivity contribution in [3.8, 4) is 0 Å². The van der Waals surface area contributed by atoms with Crippen LogP contribution in [0.15, 0.2) is 12.4 Å². The third-order valence-corrected chi connectivity index (χ3v) is 5.73. The molecule has 25 heavy (non-hydrogen) atoms. The zero-order chi connectivity index (χ0) is 17.2. The van der Waals surface area contributed by atoms with Gasteiger partial charge in [-0.1, -0.05) is 0 Å². The quantitative estimate of drug-likeness (QED) is 0.848. The van der Waals surface area contributed by atoms with Gasteiger partial charge in [0, 0.05) is 37.8 Å². The van der Waals surface area contributed by atoms with Crippen molar-refractivity contribution in [2.75, 3.05) is 36.8 Å². The smallest absolute Gasteiger partial charge is 0.224 e. The first-order valence-electron chi connectivity index (χ1n) is 9.56. The molecule has 2 aliphatic heterocycles. The van der Waals surface area contributed by atoms with Gasteiger partial charge >= 0.3 is 0 Å². The molecule has 3 N–H and O–H groups in total. The fourth-order valence-corrected chi connectivity index (χ4v) is 4.09. The van der Waals surface area contributed by atoms with Crippen molar-refractivity contribution in [3.05, 3.63) is 12.4 Å². The van der Waals surface area contributed by atoms with E-state index in [1.165, 1.54) is 6.33 Å². The maximum Gasteiger partial charge on any atom is 0.224 e. The summed E-state index contributed by atoms with van der Waals surface area (Å²) in [6, 6.07) is 2.89. The van der Waals surface area contributed by atoms with Gasteiger partial charge in [0.2, 0.25) is 5.91 Å². The first kappa shape index (κ1) is 16.6. The second-order valence-corrected chi connectivity index (χ2v) is 7.64. The van der Waals surface area contributed by atoms with E-state index in [4.69, 9.17) is 5.73 Å². The van der Waals surface area contributed by atoms with Crippen LogP contribution in [0, 0.1) is 5.92 Å². The number of nitrogens with zero attached hydrogens (tertiary/aromatic N) is 4. The number of nitrogens with one attached hydrogen (secondary N) is 1. The average molecular weight is 344 g/mol. The Hall–Kier alpha value is -1.89. The minimum absolute atomic E-state index is 0.175. The van der Waals surface area contributed by atoms with Crippen molar-refractivity contribution in [2.24, 2.45) is 5.92 Å². The molecule has 0 bridgehead atoms. The Bertz CT molecular complexity index is 611. The molecule has 1 aliphatic carbocycles. The summed E-state index contributed by atoms with van der Waals surface area (Å²) in [4.78, 5) is 25.5. The highest BCUT2D eigenvalue weighted by atomic mass is 16.2. The number of rotatable bonds is 4. The SMILES string of the molecule is Nc1cc(N2CCC(N3CCC[C@@H](C(=O)NC4CC4)C3)CC2)ncn1. The van der Waals surface area contributed by atoms with Gasteiger partial charge in [0.1, 0.15) is 18.0 Å². The van der Waals surface area contributed by atoms with Gasteiger partial charge in [-0.2, -0.15) is 0 Å². The van der Waals surface area contributed by atoms with Gasteiger partial charge in [0.05, 0.1) is 5.92 Å². The number of nitrogen functional groups attached to an aromatic ring is 1. The van der Waals surface area contributed by atoms with Crippen molar-refractivity contribution < 1.29 is 4.79 Å². The van der Waals surface area contributed by atoms with Crippen molar-refractivity contribution in [2.45, 2.75) is 50.6 Å². The molecule has 4 rings (SSSR count). The average Bonchev–Trinajstić information content (AvgIpc) is 3.46. The molecule has 7 heteroatoms. The Morgan fingerprint density at radius 3 is 2.64 bits per heavy atom. The molecule has 136 valence electrons. The van der Waals surface area contributed by atoms with E-state index in [1.54, 1.807) is 0 Å². The lowest BCUT2D eigenvalue weighted by Crippen LogP contribution is -2.51. The molecule has 3 fully saturated rings. The number of nitrogens with two attached hydrogens (primary N) is 1. The number of piperidine rings is 2. The molecule has 1 saturated carbocycles. The molecule has 3 aliphatic rings. The van der Waals surface area contributed by atoms with Crippen molar-refractivity contribution >= 4 is 17.5 Å².